The van der Waals surface area contributed by atoms with E-state index in [4.69, 9.17) is 0 Å². The van der Waals surface area contributed by atoms with Crippen molar-refractivity contribution in [3.05, 3.63) is 58.1 Å². The van der Waals surface area contributed by atoms with Crippen LogP contribution < -0.4 is 10.6 Å². The van der Waals surface area contributed by atoms with Crippen molar-refractivity contribution in [2.75, 3.05) is 10.6 Å². The molecule has 1 amide bonds. The maximum atomic E-state index is 12.2. The lowest BCUT2D eigenvalue weighted by molar-refractivity contribution is -0.116. The van der Waals surface area contributed by atoms with Crippen LogP contribution in [0, 0.1) is 0 Å². The summed E-state index contributed by atoms with van der Waals surface area (Å²) in [4.78, 5) is 12.2. The topological polar surface area (TPSA) is 41.1 Å². The molecule has 0 saturated carbocycles. The molecule has 108 valence electrons. The van der Waals surface area contributed by atoms with E-state index in [1.54, 1.807) is 0 Å². The maximum absolute atomic E-state index is 12.2. The Morgan fingerprint density at radius 2 is 1.95 bits per heavy atom. The van der Waals surface area contributed by atoms with Gasteiger partial charge in [0.05, 0.1) is 0 Å². The number of amides is 1. The number of fused-ring (bicyclic) bond motifs is 1. The molecule has 0 aromatic heterocycles. The fourth-order valence-corrected chi connectivity index (χ4v) is 3.04. The number of anilines is 2. The van der Waals surface area contributed by atoms with Gasteiger partial charge in [-0.25, -0.2) is 0 Å². The van der Waals surface area contributed by atoms with Crippen LogP contribution >= 0.6 is 15.9 Å². The van der Waals surface area contributed by atoms with Gasteiger partial charge in [0.25, 0.3) is 5.91 Å². The van der Waals surface area contributed by atoms with Crippen molar-refractivity contribution in [3.8, 4) is 0 Å². The van der Waals surface area contributed by atoms with Gasteiger partial charge in [-0.2, -0.15) is 0 Å². The second-order valence-electron chi connectivity index (χ2n) is 5.54. The van der Waals surface area contributed by atoms with E-state index in [2.05, 4.69) is 46.5 Å². The average molecular weight is 345 g/mol. The Labute approximate surface area is 132 Å². The zero-order valence-electron chi connectivity index (χ0n) is 12.0. The quantitative estimate of drug-likeness (QED) is 0.848. The third-order valence-electron chi connectivity index (χ3n) is 3.73. The molecule has 1 aliphatic heterocycles. The maximum Gasteiger partial charge on any atom is 0.251 e. The molecule has 0 bridgehead atoms. The van der Waals surface area contributed by atoms with Gasteiger partial charge in [0.1, 0.15) is 6.04 Å². The first-order valence-electron chi connectivity index (χ1n) is 7.02. The number of nitrogens with one attached hydrogen (secondary N) is 2. The first-order valence-corrected chi connectivity index (χ1v) is 7.81. The molecular formula is C17H17BrN2O. The van der Waals surface area contributed by atoms with Crippen LogP contribution in [0.15, 0.2) is 46.9 Å². The minimum Gasteiger partial charge on any atom is -0.370 e. The molecular weight excluding hydrogens is 328 g/mol. The average Bonchev–Trinajstić information content (AvgIpc) is 2.75. The Bertz CT molecular complexity index is 697. The molecule has 0 aliphatic carbocycles. The number of hydrogen-bond donors (Lipinski definition) is 2. The molecule has 0 spiro atoms. The number of rotatable bonds is 3. The predicted molar refractivity (Wildman–Crippen MR) is 89.7 cm³/mol. The number of hydrogen-bond acceptors (Lipinski definition) is 2. The summed E-state index contributed by atoms with van der Waals surface area (Å²) in [7, 11) is 0. The van der Waals surface area contributed by atoms with E-state index < -0.39 is 0 Å². The van der Waals surface area contributed by atoms with Gasteiger partial charge in [0.2, 0.25) is 0 Å². The van der Waals surface area contributed by atoms with Crippen molar-refractivity contribution in [1.29, 1.82) is 0 Å². The minimum atomic E-state index is -0.350. The fraction of sp³-hybridized carbons (Fsp3) is 0.235. The third-order valence-corrected chi connectivity index (χ3v) is 4.22. The summed E-state index contributed by atoms with van der Waals surface area (Å²) in [5.41, 5.74) is 4.09. The van der Waals surface area contributed by atoms with Crippen LogP contribution in [0.4, 0.5) is 11.4 Å². The molecule has 2 aromatic rings. The molecule has 1 unspecified atom stereocenters. The minimum absolute atomic E-state index is 0.0124. The Hall–Kier alpha value is -1.81. The Morgan fingerprint density at radius 3 is 2.71 bits per heavy atom. The van der Waals surface area contributed by atoms with Crippen LogP contribution in [0.2, 0.25) is 0 Å². The zero-order chi connectivity index (χ0) is 15.0. The smallest absolute Gasteiger partial charge is 0.251 e. The van der Waals surface area contributed by atoms with Crippen molar-refractivity contribution in [2.24, 2.45) is 0 Å². The van der Waals surface area contributed by atoms with Gasteiger partial charge in [0, 0.05) is 21.4 Å². The van der Waals surface area contributed by atoms with E-state index in [-0.39, 0.29) is 11.9 Å². The molecule has 0 saturated heterocycles. The van der Waals surface area contributed by atoms with Crippen LogP contribution in [-0.4, -0.2) is 5.91 Å². The summed E-state index contributed by atoms with van der Waals surface area (Å²) in [6, 6.07) is 13.6. The van der Waals surface area contributed by atoms with Crippen molar-refractivity contribution >= 4 is 33.2 Å². The van der Waals surface area contributed by atoms with Gasteiger partial charge in [0.15, 0.2) is 0 Å². The summed E-state index contributed by atoms with van der Waals surface area (Å²) in [5, 5.41) is 6.31. The van der Waals surface area contributed by atoms with Crippen LogP contribution in [0.1, 0.15) is 36.9 Å². The van der Waals surface area contributed by atoms with E-state index in [0.29, 0.717) is 5.92 Å². The lowest BCUT2D eigenvalue weighted by Gasteiger charge is -2.18. The second-order valence-corrected chi connectivity index (χ2v) is 6.46. The third kappa shape index (κ3) is 2.68. The van der Waals surface area contributed by atoms with Gasteiger partial charge in [-0.3, -0.25) is 4.79 Å². The Kier molecular flexibility index (Phi) is 3.72. The molecule has 4 heteroatoms. The highest BCUT2D eigenvalue weighted by Crippen LogP contribution is 2.36. The van der Waals surface area contributed by atoms with Gasteiger partial charge in [-0.15, -0.1) is 0 Å². The normalized spacial score (nSPS) is 16.8. The zero-order valence-corrected chi connectivity index (χ0v) is 13.6. The number of para-hydroxylation sites is 1. The SMILES string of the molecule is CC(C)c1ccccc1NC1C(=O)Nc2ccc(Br)cc21. The molecule has 2 aromatic carbocycles. The highest BCUT2D eigenvalue weighted by molar-refractivity contribution is 9.10. The van der Waals surface area contributed by atoms with Crippen LogP contribution in [-0.2, 0) is 4.79 Å². The van der Waals surface area contributed by atoms with E-state index in [1.165, 1.54) is 5.56 Å². The fourth-order valence-electron chi connectivity index (χ4n) is 2.66. The summed E-state index contributed by atoms with van der Waals surface area (Å²) >= 11 is 3.47. The highest BCUT2D eigenvalue weighted by Gasteiger charge is 2.31. The van der Waals surface area contributed by atoms with Crippen molar-refractivity contribution in [2.45, 2.75) is 25.8 Å². The van der Waals surface area contributed by atoms with Gasteiger partial charge in [-0.1, -0.05) is 48.0 Å². The summed E-state index contributed by atoms with van der Waals surface area (Å²) in [6.45, 7) is 4.31. The van der Waals surface area contributed by atoms with Crippen LogP contribution in [0.25, 0.3) is 0 Å². The molecule has 2 N–H and O–H groups in total. The van der Waals surface area contributed by atoms with Gasteiger partial charge in [-0.05, 0) is 35.7 Å². The molecule has 1 heterocycles. The van der Waals surface area contributed by atoms with Crippen molar-refractivity contribution < 1.29 is 4.79 Å². The molecule has 3 rings (SSSR count). The number of benzene rings is 2. The van der Waals surface area contributed by atoms with E-state index in [9.17, 15) is 4.79 Å². The molecule has 0 radical (unpaired) electrons. The first-order chi connectivity index (χ1) is 10.1. The van der Waals surface area contributed by atoms with E-state index >= 15 is 0 Å². The Morgan fingerprint density at radius 1 is 1.19 bits per heavy atom. The van der Waals surface area contributed by atoms with Gasteiger partial charge < -0.3 is 10.6 Å². The first kappa shape index (κ1) is 14.1. The highest BCUT2D eigenvalue weighted by atomic mass is 79.9. The Balaban J connectivity index is 1.96. The van der Waals surface area contributed by atoms with Crippen molar-refractivity contribution in [3.63, 3.8) is 0 Å². The van der Waals surface area contributed by atoms with Crippen LogP contribution in [0.3, 0.4) is 0 Å². The summed E-state index contributed by atoms with van der Waals surface area (Å²) in [5.74, 6) is 0.391. The van der Waals surface area contributed by atoms with Crippen molar-refractivity contribution in [1.82, 2.24) is 0 Å². The second kappa shape index (κ2) is 5.53. The number of carbonyl (C=O) groups excluding carboxylic acids is 1. The predicted octanol–water partition coefficient (Wildman–Crippen LogP) is 4.68. The summed E-state index contributed by atoms with van der Waals surface area (Å²) in [6.07, 6.45) is 0. The molecule has 1 atom stereocenters. The number of halogens is 1. The van der Waals surface area contributed by atoms with Crippen LogP contribution in [0.5, 0.6) is 0 Å². The molecule has 0 fully saturated rings. The number of carbonyl (C=O) groups is 1. The molecule has 1 aliphatic rings. The largest absolute Gasteiger partial charge is 0.370 e. The lowest BCUT2D eigenvalue weighted by atomic mass is 10.00. The standard InChI is InChI=1S/C17H17BrN2O/c1-10(2)12-5-3-4-6-14(12)19-16-13-9-11(18)7-8-15(13)20-17(16)21/h3-10,16,19H,1-2H3,(H,20,21). The molecule has 3 nitrogen and oxygen atoms in total. The van der Waals surface area contributed by atoms with E-state index in [1.807, 2.05) is 36.4 Å². The monoisotopic (exact) mass is 344 g/mol. The van der Waals surface area contributed by atoms with E-state index in [0.717, 1.165) is 21.4 Å². The van der Waals surface area contributed by atoms with Gasteiger partial charge >= 0.3 is 0 Å². The molecule has 21 heavy (non-hydrogen) atoms. The summed E-state index contributed by atoms with van der Waals surface area (Å²) < 4.78 is 0.974. The lowest BCUT2D eigenvalue weighted by Crippen LogP contribution is -2.20.